The molecule has 6 nitrogen and oxygen atoms in total. The number of aliphatic hydroxyl groups is 3. The number of rotatable bonds is 9. The molecule has 4 N–H and O–H groups in total. The molecule has 2 atom stereocenters. The van der Waals surface area contributed by atoms with Crippen LogP contribution in [-0.4, -0.2) is 72.6 Å². The minimum atomic E-state index is -0.768. The van der Waals surface area contributed by atoms with E-state index in [1.165, 1.54) is 0 Å². The summed E-state index contributed by atoms with van der Waals surface area (Å²) in [5, 5.41) is 30.7. The Morgan fingerprint density at radius 3 is 2.72 bits per heavy atom. The van der Waals surface area contributed by atoms with Crippen LogP contribution >= 0.6 is 0 Å². The Morgan fingerprint density at radius 2 is 2.17 bits per heavy atom. The number of hydrogen-bond donors (Lipinski definition) is 4. The first kappa shape index (κ1) is 15.8. The molecule has 6 heteroatoms. The van der Waals surface area contributed by atoms with Gasteiger partial charge in [0.15, 0.2) is 0 Å². The van der Waals surface area contributed by atoms with E-state index >= 15 is 0 Å². The van der Waals surface area contributed by atoms with Crippen molar-refractivity contribution >= 4 is 0 Å². The normalized spacial score (nSPS) is 22.3. The Kier molecular flexibility index (Phi) is 7.06. The first-order valence-corrected chi connectivity index (χ1v) is 6.44. The van der Waals surface area contributed by atoms with Gasteiger partial charge in [0.05, 0.1) is 44.2 Å². The number of β-amino-alcohol motifs (C(OH)–C–C–N with tert-alkyl or cyclic N) is 1. The average Bonchev–Trinajstić information content (AvgIpc) is 2.89. The second-order valence-electron chi connectivity index (χ2n) is 5.08. The fourth-order valence-electron chi connectivity index (χ4n) is 1.70. The maximum absolute atomic E-state index is 9.69. The lowest BCUT2D eigenvalue weighted by atomic mass is 10.1. The maximum Gasteiger partial charge on any atom is 0.0897 e. The first-order chi connectivity index (χ1) is 8.59. The molecule has 1 rings (SSSR count). The van der Waals surface area contributed by atoms with E-state index < -0.39 is 11.6 Å². The molecule has 0 aromatic heterocycles. The van der Waals surface area contributed by atoms with E-state index in [4.69, 9.17) is 19.7 Å². The van der Waals surface area contributed by atoms with E-state index in [9.17, 15) is 5.11 Å². The van der Waals surface area contributed by atoms with Crippen LogP contribution < -0.4 is 5.32 Å². The molecule has 0 saturated carbocycles. The van der Waals surface area contributed by atoms with E-state index in [-0.39, 0.29) is 32.5 Å². The van der Waals surface area contributed by atoms with E-state index in [1.54, 1.807) is 6.92 Å². The van der Waals surface area contributed by atoms with Crippen molar-refractivity contribution in [3.63, 3.8) is 0 Å². The van der Waals surface area contributed by atoms with Crippen molar-refractivity contribution in [1.29, 1.82) is 0 Å². The summed E-state index contributed by atoms with van der Waals surface area (Å²) >= 11 is 0. The SMILES string of the molecule is CC(CO)(CO)NCC(O)COCC1CCCO1. The molecule has 0 amide bonds. The lowest BCUT2D eigenvalue weighted by molar-refractivity contribution is -0.0199. The molecule has 2 unspecified atom stereocenters. The zero-order chi connectivity index (χ0) is 13.4. The second kappa shape index (κ2) is 8.04. The van der Waals surface area contributed by atoms with Gasteiger partial charge in [-0.25, -0.2) is 0 Å². The fraction of sp³-hybridized carbons (Fsp3) is 1.00. The third-order valence-electron chi connectivity index (χ3n) is 3.10. The smallest absolute Gasteiger partial charge is 0.0897 e. The summed E-state index contributed by atoms with van der Waals surface area (Å²) in [7, 11) is 0. The zero-order valence-corrected chi connectivity index (χ0v) is 11.0. The van der Waals surface area contributed by atoms with Crippen molar-refractivity contribution in [2.45, 2.75) is 37.5 Å². The molecular formula is C12H25NO5. The van der Waals surface area contributed by atoms with Crippen molar-refractivity contribution in [2.24, 2.45) is 0 Å². The summed E-state index contributed by atoms with van der Waals surface area (Å²) in [6.07, 6.45) is 1.58. The molecule has 0 radical (unpaired) electrons. The van der Waals surface area contributed by atoms with Crippen LogP contribution in [0.5, 0.6) is 0 Å². The largest absolute Gasteiger partial charge is 0.394 e. The highest BCUT2D eigenvalue weighted by Crippen LogP contribution is 2.11. The fourth-order valence-corrected chi connectivity index (χ4v) is 1.70. The minimum absolute atomic E-state index is 0.158. The number of hydrogen-bond acceptors (Lipinski definition) is 6. The number of aliphatic hydroxyl groups excluding tert-OH is 3. The highest BCUT2D eigenvalue weighted by molar-refractivity contribution is 4.82. The predicted octanol–water partition coefficient (Wildman–Crippen LogP) is -1.12. The highest BCUT2D eigenvalue weighted by atomic mass is 16.5. The summed E-state index contributed by atoms with van der Waals surface area (Å²) in [6, 6.07) is 0. The summed E-state index contributed by atoms with van der Waals surface area (Å²) < 4.78 is 10.8. The van der Waals surface area contributed by atoms with Crippen molar-refractivity contribution in [1.82, 2.24) is 5.32 Å². The number of nitrogens with one attached hydrogen (secondary N) is 1. The van der Waals surface area contributed by atoms with Crippen LogP contribution in [0.15, 0.2) is 0 Å². The van der Waals surface area contributed by atoms with Gasteiger partial charge in [-0.05, 0) is 19.8 Å². The molecule has 1 aliphatic heterocycles. The predicted molar refractivity (Wildman–Crippen MR) is 66.4 cm³/mol. The summed E-state index contributed by atoms with van der Waals surface area (Å²) in [5.74, 6) is 0. The lowest BCUT2D eigenvalue weighted by Gasteiger charge is -2.27. The van der Waals surface area contributed by atoms with Crippen LogP contribution in [0, 0.1) is 0 Å². The summed E-state index contributed by atoms with van der Waals surface area (Å²) in [4.78, 5) is 0. The molecule has 0 aliphatic carbocycles. The van der Waals surface area contributed by atoms with Gasteiger partial charge in [-0.3, -0.25) is 0 Å². The Labute approximate surface area is 108 Å². The lowest BCUT2D eigenvalue weighted by Crippen LogP contribution is -2.52. The molecule has 1 fully saturated rings. The minimum Gasteiger partial charge on any atom is -0.394 e. The van der Waals surface area contributed by atoms with Gasteiger partial charge in [-0.1, -0.05) is 0 Å². The Balaban J connectivity index is 2.07. The quantitative estimate of drug-likeness (QED) is 0.421. The van der Waals surface area contributed by atoms with Crippen LogP contribution in [-0.2, 0) is 9.47 Å². The third kappa shape index (κ3) is 5.60. The number of ether oxygens (including phenoxy) is 2. The molecule has 0 bridgehead atoms. The van der Waals surface area contributed by atoms with Crippen molar-refractivity contribution in [3.8, 4) is 0 Å². The summed E-state index contributed by atoms with van der Waals surface area (Å²) in [6.45, 7) is 3.10. The molecule has 18 heavy (non-hydrogen) atoms. The van der Waals surface area contributed by atoms with E-state index in [2.05, 4.69) is 5.32 Å². The van der Waals surface area contributed by atoms with E-state index in [1.807, 2.05) is 0 Å². The molecule has 0 aromatic rings. The van der Waals surface area contributed by atoms with Gasteiger partial charge in [0.25, 0.3) is 0 Å². The van der Waals surface area contributed by atoms with Gasteiger partial charge in [0, 0.05) is 13.2 Å². The maximum atomic E-state index is 9.69. The summed E-state index contributed by atoms with van der Waals surface area (Å²) in [5.41, 5.74) is -0.768. The third-order valence-corrected chi connectivity index (χ3v) is 3.10. The van der Waals surface area contributed by atoms with E-state index in [0.717, 1.165) is 19.4 Å². The highest BCUT2D eigenvalue weighted by Gasteiger charge is 2.22. The monoisotopic (exact) mass is 263 g/mol. The van der Waals surface area contributed by atoms with Gasteiger partial charge in [0.2, 0.25) is 0 Å². The molecule has 0 aromatic carbocycles. The van der Waals surface area contributed by atoms with E-state index in [0.29, 0.717) is 6.61 Å². The van der Waals surface area contributed by atoms with Gasteiger partial charge in [-0.15, -0.1) is 0 Å². The molecule has 1 saturated heterocycles. The Morgan fingerprint density at radius 1 is 1.44 bits per heavy atom. The van der Waals surface area contributed by atoms with Gasteiger partial charge in [-0.2, -0.15) is 0 Å². The van der Waals surface area contributed by atoms with Gasteiger partial charge in [0.1, 0.15) is 0 Å². The van der Waals surface area contributed by atoms with Crippen molar-refractivity contribution < 1.29 is 24.8 Å². The van der Waals surface area contributed by atoms with Gasteiger partial charge >= 0.3 is 0 Å². The van der Waals surface area contributed by atoms with Crippen LogP contribution in [0.3, 0.4) is 0 Å². The van der Waals surface area contributed by atoms with Gasteiger partial charge < -0.3 is 30.1 Å². The molecular weight excluding hydrogens is 238 g/mol. The molecule has 1 heterocycles. The molecule has 1 aliphatic rings. The zero-order valence-electron chi connectivity index (χ0n) is 11.0. The standard InChI is InChI=1S/C12H25NO5/c1-12(8-14,9-15)13-5-10(16)6-17-7-11-3-2-4-18-11/h10-11,13-16H,2-9H2,1H3. The average molecular weight is 263 g/mol. The second-order valence-corrected chi connectivity index (χ2v) is 5.08. The molecule has 108 valence electrons. The topological polar surface area (TPSA) is 91.2 Å². The van der Waals surface area contributed by atoms with Crippen molar-refractivity contribution in [3.05, 3.63) is 0 Å². The van der Waals surface area contributed by atoms with Crippen LogP contribution in [0.1, 0.15) is 19.8 Å². The first-order valence-electron chi connectivity index (χ1n) is 6.44. The Hall–Kier alpha value is -0.240. The molecule has 0 spiro atoms. The van der Waals surface area contributed by atoms with Crippen LogP contribution in [0.25, 0.3) is 0 Å². The van der Waals surface area contributed by atoms with Crippen LogP contribution in [0.4, 0.5) is 0 Å². The Bertz CT molecular complexity index is 217. The van der Waals surface area contributed by atoms with Crippen LogP contribution in [0.2, 0.25) is 0 Å². The van der Waals surface area contributed by atoms with Crippen molar-refractivity contribution in [2.75, 3.05) is 39.6 Å².